The van der Waals surface area contributed by atoms with Gasteiger partial charge in [0.2, 0.25) is 0 Å². The Hall–Kier alpha value is -6.20. The molecule has 2 aliphatic heterocycles. The molecule has 4 heterocycles. The maximum Gasteiger partial charge on any atom is 0.260 e. The predicted molar refractivity (Wildman–Crippen MR) is 210 cm³/mol. The van der Waals surface area contributed by atoms with Crippen molar-refractivity contribution in [1.82, 2.24) is 9.97 Å². The van der Waals surface area contributed by atoms with Crippen molar-refractivity contribution < 1.29 is 9.47 Å². The van der Waals surface area contributed by atoms with E-state index in [-0.39, 0.29) is 12.1 Å². The molecule has 242 valence electrons. The van der Waals surface area contributed by atoms with E-state index in [1.807, 2.05) is 18.5 Å². The van der Waals surface area contributed by atoms with Crippen LogP contribution in [-0.2, 0) is 5.41 Å². The first-order valence-corrected chi connectivity index (χ1v) is 17.5. The van der Waals surface area contributed by atoms with Crippen molar-refractivity contribution in [3.63, 3.8) is 0 Å². The highest BCUT2D eigenvalue weighted by Gasteiger charge is 2.41. The molecule has 0 spiro atoms. The van der Waals surface area contributed by atoms with Crippen molar-refractivity contribution in [2.75, 3.05) is 0 Å². The van der Waals surface area contributed by atoms with Crippen LogP contribution >= 0.6 is 0 Å². The van der Waals surface area contributed by atoms with E-state index in [9.17, 15) is 0 Å². The molecule has 6 aromatic carbocycles. The van der Waals surface area contributed by atoms with Crippen molar-refractivity contribution in [3.05, 3.63) is 151 Å². The summed E-state index contributed by atoms with van der Waals surface area (Å²) in [5, 5.41) is 4.74. The van der Waals surface area contributed by atoms with Crippen LogP contribution in [0.3, 0.4) is 0 Å². The van der Waals surface area contributed by atoms with Crippen LogP contribution in [-0.4, -0.2) is 16.7 Å². The van der Waals surface area contributed by atoms with Gasteiger partial charge in [-0.25, -0.2) is 0 Å². The molecule has 0 atom stereocenters. The molecule has 0 fully saturated rings. The van der Waals surface area contributed by atoms with E-state index in [1.165, 1.54) is 27.3 Å². The van der Waals surface area contributed by atoms with E-state index in [0.717, 1.165) is 72.9 Å². The van der Waals surface area contributed by atoms with Gasteiger partial charge < -0.3 is 9.47 Å². The average molecular weight is 657 g/mol. The van der Waals surface area contributed by atoms with E-state index < -0.39 is 0 Å². The molecule has 0 bridgehead atoms. The molecule has 0 amide bonds. The van der Waals surface area contributed by atoms with E-state index in [4.69, 9.17) is 19.4 Å². The second kappa shape index (κ2) is 11.2. The normalized spacial score (nSPS) is 12.9. The molecular formula is C46H33BN2O2. The summed E-state index contributed by atoms with van der Waals surface area (Å²) in [6.45, 7) is 6.58. The standard InChI is InChI=1S/C46H33BN2O2/c1-46(2,3)34-24-43-45-44(25-34)51-42-20-17-31(40-23-29-10-4-5-11-32(29)26-49-40)22-38(42)47(45)37-21-30(16-19-41(37)50-43)39-18-15-33(27-48-39)36-14-8-12-28-9-6-7-13-35(28)36/h4-27H,1-3H3. The second-order valence-electron chi connectivity index (χ2n) is 14.7. The van der Waals surface area contributed by atoms with Crippen LogP contribution in [0.1, 0.15) is 26.3 Å². The van der Waals surface area contributed by atoms with E-state index in [0.29, 0.717) is 0 Å². The van der Waals surface area contributed by atoms with Gasteiger partial charge in [-0.3, -0.25) is 9.97 Å². The Balaban J connectivity index is 1.10. The van der Waals surface area contributed by atoms with Gasteiger partial charge in [0.25, 0.3) is 6.71 Å². The van der Waals surface area contributed by atoms with Gasteiger partial charge in [-0.1, -0.05) is 106 Å². The number of ether oxygens (including phenoxy) is 2. The highest BCUT2D eigenvalue weighted by Crippen LogP contribution is 2.40. The number of pyridine rings is 2. The minimum absolute atomic E-state index is 0.0758. The maximum atomic E-state index is 6.73. The SMILES string of the molecule is CC(C)(C)c1cc2c3c(c1)Oc1ccc(-c4cc5ccccc5cn4)cc1B3c1cc(-c3ccc(-c4cccc5ccccc45)cn3)ccc1O2. The predicted octanol–water partition coefficient (Wildman–Crippen LogP) is 9.81. The lowest BCUT2D eigenvalue weighted by Gasteiger charge is -2.35. The molecule has 2 aromatic heterocycles. The fraction of sp³-hybridized carbons (Fsp3) is 0.0870. The Morgan fingerprint density at radius 2 is 1.10 bits per heavy atom. The molecule has 0 unspecified atom stereocenters. The van der Waals surface area contributed by atoms with E-state index in [1.54, 1.807) is 0 Å². The topological polar surface area (TPSA) is 44.2 Å². The van der Waals surface area contributed by atoms with Crippen LogP contribution < -0.4 is 25.9 Å². The highest BCUT2D eigenvalue weighted by molar-refractivity contribution is 6.98. The van der Waals surface area contributed by atoms with Gasteiger partial charge >= 0.3 is 0 Å². The largest absolute Gasteiger partial charge is 0.458 e. The number of nitrogens with zero attached hydrogens (tertiary/aromatic N) is 2. The molecule has 0 aliphatic carbocycles. The lowest BCUT2D eigenvalue weighted by Crippen LogP contribution is -2.57. The molecule has 0 radical (unpaired) electrons. The summed E-state index contributed by atoms with van der Waals surface area (Å²) in [7, 11) is 0. The van der Waals surface area contributed by atoms with Crippen molar-refractivity contribution in [1.29, 1.82) is 0 Å². The zero-order valence-electron chi connectivity index (χ0n) is 28.6. The summed E-state index contributed by atoms with van der Waals surface area (Å²) < 4.78 is 13.5. The smallest absolute Gasteiger partial charge is 0.260 e. The molecular weight excluding hydrogens is 623 g/mol. The zero-order chi connectivity index (χ0) is 34.3. The Bertz CT molecular complexity index is 2670. The molecule has 8 aromatic rings. The number of rotatable bonds is 3. The van der Waals surface area contributed by atoms with Gasteiger partial charge in [-0.15, -0.1) is 0 Å². The Labute approximate surface area is 297 Å². The maximum absolute atomic E-state index is 6.73. The molecule has 4 nitrogen and oxygen atoms in total. The molecule has 5 heteroatoms. The number of aromatic nitrogens is 2. The third kappa shape index (κ3) is 4.91. The first kappa shape index (κ1) is 29.7. The minimum Gasteiger partial charge on any atom is -0.458 e. The minimum atomic E-state index is -0.0909. The van der Waals surface area contributed by atoms with Crippen LogP contribution in [0.2, 0.25) is 0 Å². The van der Waals surface area contributed by atoms with Crippen molar-refractivity contribution in [2.24, 2.45) is 0 Å². The summed E-state index contributed by atoms with van der Waals surface area (Å²) >= 11 is 0. The quantitative estimate of drug-likeness (QED) is 0.178. The first-order valence-electron chi connectivity index (χ1n) is 17.5. The monoisotopic (exact) mass is 656 g/mol. The van der Waals surface area contributed by atoms with Gasteiger partial charge in [0.1, 0.15) is 23.0 Å². The van der Waals surface area contributed by atoms with Crippen LogP contribution in [0.4, 0.5) is 0 Å². The Kier molecular flexibility index (Phi) is 6.50. The Morgan fingerprint density at radius 3 is 1.78 bits per heavy atom. The van der Waals surface area contributed by atoms with Gasteiger partial charge in [0.15, 0.2) is 0 Å². The fourth-order valence-electron chi connectivity index (χ4n) is 7.70. The number of hydrogen-bond acceptors (Lipinski definition) is 4. The fourth-order valence-corrected chi connectivity index (χ4v) is 7.70. The van der Waals surface area contributed by atoms with Gasteiger partial charge in [-0.05, 0) is 103 Å². The average Bonchev–Trinajstić information content (AvgIpc) is 3.16. The molecule has 51 heavy (non-hydrogen) atoms. The summed E-state index contributed by atoms with van der Waals surface area (Å²) in [5.41, 5.74) is 10.6. The third-order valence-electron chi connectivity index (χ3n) is 10.4. The van der Waals surface area contributed by atoms with E-state index >= 15 is 0 Å². The number of benzene rings is 6. The number of fused-ring (bicyclic) bond motifs is 6. The van der Waals surface area contributed by atoms with Gasteiger partial charge in [0.05, 0.1) is 11.4 Å². The zero-order valence-corrected chi connectivity index (χ0v) is 28.6. The van der Waals surface area contributed by atoms with Crippen LogP contribution in [0.15, 0.2) is 146 Å². The van der Waals surface area contributed by atoms with Crippen LogP contribution in [0.5, 0.6) is 23.0 Å². The van der Waals surface area contributed by atoms with E-state index in [2.05, 4.69) is 148 Å². The Morgan fingerprint density at radius 1 is 0.490 bits per heavy atom. The van der Waals surface area contributed by atoms with Crippen molar-refractivity contribution in [2.45, 2.75) is 26.2 Å². The molecule has 0 N–H and O–H groups in total. The summed E-state index contributed by atoms with van der Waals surface area (Å²) in [5.74, 6) is 3.40. The summed E-state index contributed by atoms with van der Waals surface area (Å²) in [4.78, 5) is 9.86. The third-order valence-corrected chi connectivity index (χ3v) is 10.4. The molecule has 0 saturated heterocycles. The lowest BCUT2D eigenvalue weighted by molar-refractivity contribution is 0.458. The van der Waals surface area contributed by atoms with Gasteiger partial charge in [0, 0.05) is 28.8 Å². The van der Waals surface area contributed by atoms with Crippen LogP contribution in [0, 0.1) is 0 Å². The molecule has 2 aliphatic rings. The molecule has 0 saturated carbocycles. The highest BCUT2D eigenvalue weighted by atomic mass is 16.5. The van der Waals surface area contributed by atoms with Crippen molar-refractivity contribution >= 4 is 44.6 Å². The second-order valence-corrected chi connectivity index (χ2v) is 14.7. The molecule has 10 rings (SSSR count). The van der Waals surface area contributed by atoms with Crippen LogP contribution in [0.25, 0.3) is 55.2 Å². The lowest BCUT2D eigenvalue weighted by atomic mass is 9.34. The summed E-state index contributed by atoms with van der Waals surface area (Å²) in [6.07, 6.45) is 3.94. The summed E-state index contributed by atoms with van der Waals surface area (Å²) in [6, 6.07) is 47.1. The van der Waals surface area contributed by atoms with Crippen molar-refractivity contribution in [3.8, 4) is 56.6 Å². The first-order chi connectivity index (χ1) is 24.9. The number of hydrogen-bond donors (Lipinski definition) is 0. The van der Waals surface area contributed by atoms with Gasteiger partial charge in [-0.2, -0.15) is 0 Å².